The van der Waals surface area contributed by atoms with Crippen LogP contribution >= 0.6 is 0 Å². The van der Waals surface area contributed by atoms with E-state index in [9.17, 15) is 5.11 Å². The summed E-state index contributed by atoms with van der Waals surface area (Å²) in [5, 5.41) is 9.21. The van der Waals surface area contributed by atoms with Gasteiger partial charge in [0.25, 0.3) is 0 Å². The summed E-state index contributed by atoms with van der Waals surface area (Å²) in [6, 6.07) is 7.81. The molecule has 3 heteroatoms. The third-order valence-corrected chi connectivity index (χ3v) is 3.40. The van der Waals surface area contributed by atoms with Gasteiger partial charge in [0, 0.05) is 19.1 Å². The van der Waals surface area contributed by atoms with Crippen LogP contribution in [0.5, 0.6) is 5.75 Å². The van der Waals surface area contributed by atoms with E-state index in [4.69, 9.17) is 5.73 Å². The van der Waals surface area contributed by atoms with Gasteiger partial charge in [-0.3, -0.25) is 4.90 Å². The number of phenolic OH excluding ortho intramolecular Hbond substituents is 1. The first-order valence-electron chi connectivity index (χ1n) is 5.91. The lowest BCUT2D eigenvalue weighted by atomic mass is 9.94. The second-order valence-corrected chi connectivity index (χ2v) is 4.83. The Balaban J connectivity index is 1.93. The van der Waals surface area contributed by atoms with Crippen molar-refractivity contribution >= 4 is 0 Å². The number of likely N-dealkylation sites (tertiary alicyclic amines) is 1. The number of aromatic hydroxyl groups is 1. The molecule has 16 heavy (non-hydrogen) atoms. The molecule has 0 bridgehead atoms. The molecule has 0 aliphatic carbocycles. The zero-order valence-corrected chi connectivity index (χ0v) is 9.76. The summed E-state index contributed by atoms with van der Waals surface area (Å²) in [6.45, 7) is 5.32. The van der Waals surface area contributed by atoms with Gasteiger partial charge in [0.1, 0.15) is 5.75 Å². The van der Waals surface area contributed by atoms with Crippen LogP contribution in [0.1, 0.15) is 18.9 Å². The van der Waals surface area contributed by atoms with Gasteiger partial charge in [-0.2, -0.15) is 0 Å². The number of rotatable bonds is 2. The smallest absolute Gasteiger partial charge is 0.115 e. The highest BCUT2D eigenvalue weighted by molar-refractivity contribution is 5.25. The second kappa shape index (κ2) is 4.85. The summed E-state index contributed by atoms with van der Waals surface area (Å²) in [5.74, 6) is 0.906. The summed E-state index contributed by atoms with van der Waals surface area (Å²) in [5.41, 5.74) is 7.24. The van der Waals surface area contributed by atoms with E-state index in [1.807, 2.05) is 12.1 Å². The fourth-order valence-electron chi connectivity index (χ4n) is 2.25. The number of nitrogens with two attached hydrogens (primary N) is 1. The van der Waals surface area contributed by atoms with Crippen LogP contribution in [-0.4, -0.2) is 29.1 Å². The molecular formula is C13H20N2O. The lowest BCUT2D eigenvalue weighted by Crippen LogP contribution is -2.45. The molecule has 3 nitrogen and oxygen atoms in total. The molecule has 0 spiro atoms. The Morgan fingerprint density at radius 1 is 1.38 bits per heavy atom. The van der Waals surface area contributed by atoms with Gasteiger partial charge < -0.3 is 10.8 Å². The van der Waals surface area contributed by atoms with E-state index in [1.165, 1.54) is 5.56 Å². The van der Waals surface area contributed by atoms with Crippen LogP contribution in [0.2, 0.25) is 0 Å². The maximum absolute atomic E-state index is 9.21. The summed E-state index contributed by atoms with van der Waals surface area (Å²) in [4.78, 5) is 2.43. The molecule has 0 aromatic heterocycles. The van der Waals surface area contributed by atoms with Gasteiger partial charge in [0.05, 0.1) is 0 Å². The Labute approximate surface area is 96.9 Å². The molecule has 0 saturated carbocycles. The van der Waals surface area contributed by atoms with Crippen molar-refractivity contribution < 1.29 is 5.11 Å². The molecule has 1 heterocycles. The molecular weight excluding hydrogens is 200 g/mol. The van der Waals surface area contributed by atoms with Gasteiger partial charge >= 0.3 is 0 Å². The normalized spacial score (nSPS) is 26.9. The zero-order valence-electron chi connectivity index (χ0n) is 9.76. The quantitative estimate of drug-likeness (QED) is 0.795. The Bertz CT molecular complexity index is 336. The number of piperidine rings is 1. The van der Waals surface area contributed by atoms with Crippen molar-refractivity contribution in [2.24, 2.45) is 11.7 Å². The van der Waals surface area contributed by atoms with Crippen LogP contribution in [0.4, 0.5) is 0 Å². The number of hydrogen-bond donors (Lipinski definition) is 2. The monoisotopic (exact) mass is 220 g/mol. The summed E-state index contributed by atoms with van der Waals surface area (Å²) >= 11 is 0. The third kappa shape index (κ3) is 2.74. The first-order chi connectivity index (χ1) is 7.65. The van der Waals surface area contributed by atoms with E-state index in [0.717, 1.165) is 26.1 Å². The SMILES string of the molecule is CC1CN(Cc2ccc(O)cc2)CCC1N. The van der Waals surface area contributed by atoms with Gasteiger partial charge in [0.2, 0.25) is 0 Å². The molecule has 1 aromatic carbocycles. The molecule has 88 valence electrons. The Morgan fingerprint density at radius 2 is 2.06 bits per heavy atom. The predicted octanol–water partition coefficient (Wildman–Crippen LogP) is 1.56. The number of benzene rings is 1. The Kier molecular flexibility index (Phi) is 3.46. The van der Waals surface area contributed by atoms with Crippen molar-refractivity contribution in [3.63, 3.8) is 0 Å². The van der Waals surface area contributed by atoms with Gasteiger partial charge in [-0.15, -0.1) is 0 Å². The number of hydrogen-bond acceptors (Lipinski definition) is 3. The number of nitrogens with zero attached hydrogens (tertiary/aromatic N) is 1. The molecule has 2 unspecified atom stereocenters. The van der Waals surface area contributed by atoms with Gasteiger partial charge in [0.15, 0.2) is 0 Å². The molecule has 0 amide bonds. The average Bonchev–Trinajstić information content (AvgIpc) is 2.27. The van der Waals surface area contributed by atoms with E-state index in [-0.39, 0.29) is 0 Å². The summed E-state index contributed by atoms with van der Waals surface area (Å²) in [7, 11) is 0. The van der Waals surface area contributed by atoms with Crippen molar-refractivity contribution in [2.75, 3.05) is 13.1 Å². The highest BCUT2D eigenvalue weighted by Gasteiger charge is 2.22. The predicted molar refractivity (Wildman–Crippen MR) is 65.1 cm³/mol. The van der Waals surface area contributed by atoms with Crippen molar-refractivity contribution in [3.05, 3.63) is 29.8 Å². The standard InChI is InChI=1S/C13H20N2O/c1-10-8-15(7-6-13(10)14)9-11-2-4-12(16)5-3-11/h2-5,10,13,16H,6-9,14H2,1H3. The van der Waals surface area contributed by atoms with Crippen molar-refractivity contribution in [1.82, 2.24) is 4.90 Å². The van der Waals surface area contributed by atoms with E-state index in [1.54, 1.807) is 12.1 Å². The van der Waals surface area contributed by atoms with Gasteiger partial charge in [-0.05, 0) is 36.6 Å². The van der Waals surface area contributed by atoms with Gasteiger partial charge in [-0.1, -0.05) is 19.1 Å². The average molecular weight is 220 g/mol. The van der Waals surface area contributed by atoms with Crippen LogP contribution < -0.4 is 5.73 Å². The molecule has 1 aliphatic rings. The largest absolute Gasteiger partial charge is 0.508 e. The fraction of sp³-hybridized carbons (Fsp3) is 0.538. The van der Waals surface area contributed by atoms with Crippen LogP contribution in [0.25, 0.3) is 0 Å². The van der Waals surface area contributed by atoms with Crippen molar-refractivity contribution in [1.29, 1.82) is 0 Å². The topological polar surface area (TPSA) is 49.5 Å². The van der Waals surface area contributed by atoms with Gasteiger partial charge in [-0.25, -0.2) is 0 Å². The molecule has 3 N–H and O–H groups in total. The molecule has 1 fully saturated rings. The number of phenols is 1. The zero-order chi connectivity index (χ0) is 11.5. The maximum Gasteiger partial charge on any atom is 0.115 e. The molecule has 2 atom stereocenters. The Morgan fingerprint density at radius 3 is 2.69 bits per heavy atom. The van der Waals surface area contributed by atoms with Crippen LogP contribution in [0.15, 0.2) is 24.3 Å². The van der Waals surface area contributed by atoms with Crippen LogP contribution in [0.3, 0.4) is 0 Å². The maximum atomic E-state index is 9.21. The fourth-order valence-corrected chi connectivity index (χ4v) is 2.25. The van der Waals surface area contributed by atoms with Crippen molar-refractivity contribution in [2.45, 2.75) is 25.9 Å². The van der Waals surface area contributed by atoms with E-state index >= 15 is 0 Å². The minimum absolute atomic E-state index is 0.331. The molecule has 0 radical (unpaired) electrons. The van der Waals surface area contributed by atoms with E-state index in [2.05, 4.69) is 11.8 Å². The summed E-state index contributed by atoms with van der Waals surface area (Å²) in [6.07, 6.45) is 1.08. The third-order valence-electron chi connectivity index (χ3n) is 3.40. The molecule has 1 aromatic rings. The second-order valence-electron chi connectivity index (χ2n) is 4.83. The van der Waals surface area contributed by atoms with E-state index < -0.39 is 0 Å². The summed E-state index contributed by atoms with van der Waals surface area (Å²) < 4.78 is 0. The molecule has 1 aliphatic heterocycles. The van der Waals surface area contributed by atoms with E-state index in [0.29, 0.717) is 17.7 Å². The highest BCUT2D eigenvalue weighted by atomic mass is 16.3. The molecule has 2 rings (SSSR count). The first-order valence-corrected chi connectivity index (χ1v) is 5.91. The first kappa shape index (κ1) is 11.4. The van der Waals surface area contributed by atoms with Crippen molar-refractivity contribution in [3.8, 4) is 5.75 Å². The minimum Gasteiger partial charge on any atom is -0.508 e. The lowest BCUT2D eigenvalue weighted by Gasteiger charge is -2.35. The molecule has 1 saturated heterocycles. The van der Waals surface area contributed by atoms with Crippen LogP contribution in [0, 0.1) is 5.92 Å². The van der Waals surface area contributed by atoms with Crippen LogP contribution in [-0.2, 0) is 6.54 Å². The highest BCUT2D eigenvalue weighted by Crippen LogP contribution is 2.18. The lowest BCUT2D eigenvalue weighted by molar-refractivity contribution is 0.158. The minimum atomic E-state index is 0.331. The Hall–Kier alpha value is -1.06.